The van der Waals surface area contributed by atoms with Crippen LogP contribution in [-0.4, -0.2) is 41.5 Å². The van der Waals surface area contributed by atoms with E-state index in [1.807, 2.05) is 0 Å². The number of amides is 1. The first-order chi connectivity index (χ1) is 9.47. The van der Waals surface area contributed by atoms with Gasteiger partial charge in [0.15, 0.2) is 0 Å². The number of hydrogen-bond donors (Lipinski definition) is 2. The lowest BCUT2D eigenvalue weighted by atomic mass is 10.0. The number of nitrogens with zero attached hydrogens (tertiary/aromatic N) is 1. The second-order valence-electron chi connectivity index (χ2n) is 4.49. The molecular weight excluding hydrogens is 256 g/mol. The molecule has 0 aliphatic carbocycles. The van der Waals surface area contributed by atoms with Gasteiger partial charge < -0.3 is 15.7 Å². The summed E-state index contributed by atoms with van der Waals surface area (Å²) < 4.78 is 0. The highest BCUT2D eigenvalue weighted by molar-refractivity contribution is 5.89. The molecule has 1 atom stereocenters. The van der Waals surface area contributed by atoms with Crippen LogP contribution in [0.25, 0.3) is 0 Å². The Morgan fingerprint density at radius 3 is 2.70 bits per heavy atom. The summed E-state index contributed by atoms with van der Waals surface area (Å²) in [6.45, 7) is 0.390. The van der Waals surface area contributed by atoms with Crippen molar-refractivity contribution in [2.75, 3.05) is 13.6 Å². The number of hydrogen-bond acceptors (Lipinski definition) is 3. The van der Waals surface area contributed by atoms with Gasteiger partial charge in [-0.1, -0.05) is 18.2 Å². The topological polar surface area (TPSA) is 83.6 Å². The molecule has 0 saturated heterocycles. The molecule has 0 spiro atoms. The van der Waals surface area contributed by atoms with Crippen molar-refractivity contribution in [1.82, 2.24) is 4.90 Å². The summed E-state index contributed by atoms with van der Waals surface area (Å²) in [5.41, 5.74) is 6.58. The maximum absolute atomic E-state index is 11.9. The van der Waals surface area contributed by atoms with E-state index in [1.54, 1.807) is 31.3 Å². The quantitative estimate of drug-likeness (QED) is 0.749. The van der Waals surface area contributed by atoms with Gasteiger partial charge in [-0.05, 0) is 18.1 Å². The van der Waals surface area contributed by atoms with Crippen LogP contribution in [0.4, 0.5) is 0 Å². The number of aromatic carboxylic acids is 1. The number of carbonyl (C=O) groups excluding carboxylic acids is 1. The zero-order chi connectivity index (χ0) is 15.1. The van der Waals surface area contributed by atoms with Gasteiger partial charge in [-0.25, -0.2) is 4.79 Å². The summed E-state index contributed by atoms with van der Waals surface area (Å²) in [6.07, 6.45) is 5.76. The van der Waals surface area contributed by atoms with Gasteiger partial charge in [0.2, 0.25) is 5.91 Å². The van der Waals surface area contributed by atoms with Gasteiger partial charge in [0.05, 0.1) is 11.6 Å². The Kier molecular flexibility index (Phi) is 5.75. The zero-order valence-corrected chi connectivity index (χ0v) is 11.4. The lowest BCUT2D eigenvalue weighted by molar-refractivity contribution is -0.131. The number of likely N-dealkylation sites (N-methyl/N-ethyl adjacent to an activating group) is 1. The first-order valence-electron chi connectivity index (χ1n) is 6.22. The van der Waals surface area contributed by atoms with Gasteiger partial charge in [-0.15, -0.1) is 12.3 Å². The van der Waals surface area contributed by atoms with Crippen LogP contribution in [0.2, 0.25) is 0 Å². The van der Waals surface area contributed by atoms with Gasteiger partial charge in [0.25, 0.3) is 0 Å². The SMILES string of the molecule is C#CCC(N)C(=O)N(C)CCc1ccccc1C(=O)O. The van der Waals surface area contributed by atoms with Crippen LogP contribution in [-0.2, 0) is 11.2 Å². The van der Waals surface area contributed by atoms with E-state index in [1.165, 1.54) is 4.90 Å². The molecular formula is C15H18N2O3. The number of carbonyl (C=O) groups is 2. The fraction of sp³-hybridized carbons (Fsp3) is 0.333. The zero-order valence-electron chi connectivity index (χ0n) is 11.4. The predicted molar refractivity (Wildman–Crippen MR) is 76.2 cm³/mol. The van der Waals surface area contributed by atoms with Gasteiger partial charge >= 0.3 is 5.97 Å². The third kappa shape index (κ3) is 4.11. The number of carboxylic acid groups (broad SMARTS) is 1. The second kappa shape index (κ2) is 7.31. The lowest BCUT2D eigenvalue weighted by Gasteiger charge is -2.20. The van der Waals surface area contributed by atoms with E-state index in [0.717, 1.165) is 0 Å². The third-order valence-electron chi connectivity index (χ3n) is 3.00. The Morgan fingerprint density at radius 1 is 1.45 bits per heavy atom. The molecule has 1 aromatic rings. The fourth-order valence-electron chi connectivity index (χ4n) is 1.84. The van der Waals surface area contributed by atoms with Gasteiger partial charge in [0.1, 0.15) is 0 Å². The minimum atomic E-state index is -0.974. The maximum atomic E-state index is 11.9. The highest BCUT2D eigenvalue weighted by Gasteiger charge is 2.17. The van der Waals surface area contributed by atoms with Crippen LogP contribution in [0.15, 0.2) is 24.3 Å². The average molecular weight is 274 g/mol. The number of rotatable bonds is 6. The molecule has 0 aliphatic heterocycles. The van der Waals surface area contributed by atoms with Gasteiger partial charge in [0, 0.05) is 20.0 Å². The lowest BCUT2D eigenvalue weighted by Crippen LogP contribution is -2.42. The van der Waals surface area contributed by atoms with E-state index in [4.69, 9.17) is 17.3 Å². The van der Waals surface area contributed by atoms with Gasteiger partial charge in [-0.3, -0.25) is 4.79 Å². The van der Waals surface area contributed by atoms with Crippen molar-refractivity contribution in [3.63, 3.8) is 0 Å². The molecule has 3 N–H and O–H groups in total. The first kappa shape index (κ1) is 15.7. The van der Waals surface area contributed by atoms with Crippen molar-refractivity contribution in [2.45, 2.75) is 18.9 Å². The maximum Gasteiger partial charge on any atom is 0.335 e. The van der Waals surface area contributed by atoms with E-state index < -0.39 is 12.0 Å². The number of nitrogens with two attached hydrogens (primary N) is 1. The van der Waals surface area contributed by atoms with E-state index in [0.29, 0.717) is 18.5 Å². The summed E-state index contributed by atoms with van der Waals surface area (Å²) >= 11 is 0. The molecule has 0 fully saturated rings. The molecule has 1 aromatic carbocycles. The summed E-state index contributed by atoms with van der Waals surface area (Å²) in [7, 11) is 1.63. The Hall–Kier alpha value is -2.32. The third-order valence-corrected chi connectivity index (χ3v) is 3.00. The molecule has 106 valence electrons. The number of terminal acetylenes is 1. The summed E-state index contributed by atoms with van der Waals surface area (Å²) in [4.78, 5) is 24.4. The number of benzene rings is 1. The summed E-state index contributed by atoms with van der Waals surface area (Å²) in [5.74, 6) is 1.14. The molecule has 1 unspecified atom stereocenters. The molecule has 1 rings (SSSR count). The van der Waals surface area contributed by atoms with E-state index >= 15 is 0 Å². The molecule has 0 radical (unpaired) electrons. The molecule has 1 amide bonds. The van der Waals surface area contributed by atoms with Crippen molar-refractivity contribution in [3.8, 4) is 12.3 Å². The van der Waals surface area contributed by atoms with Gasteiger partial charge in [-0.2, -0.15) is 0 Å². The van der Waals surface area contributed by atoms with Crippen molar-refractivity contribution in [2.24, 2.45) is 5.73 Å². The van der Waals surface area contributed by atoms with Crippen molar-refractivity contribution < 1.29 is 14.7 Å². The highest BCUT2D eigenvalue weighted by atomic mass is 16.4. The Morgan fingerprint density at radius 2 is 2.10 bits per heavy atom. The Labute approximate surface area is 118 Å². The molecule has 0 aromatic heterocycles. The summed E-state index contributed by atoms with van der Waals surface area (Å²) in [6, 6.07) is 6.02. The van der Waals surface area contributed by atoms with Crippen molar-refractivity contribution in [3.05, 3.63) is 35.4 Å². The molecule has 0 saturated carbocycles. The minimum absolute atomic E-state index is 0.189. The smallest absolute Gasteiger partial charge is 0.335 e. The van der Waals surface area contributed by atoms with E-state index in [-0.39, 0.29) is 17.9 Å². The highest BCUT2D eigenvalue weighted by Crippen LogP contribution is 2.10. The van der Waals surface area contributed by atoms with E-state index in [2.05, 4.69) is 5.92 Å². The van der Waals surface area contributed by atoms with Crippen LogP contribution in [0.5, 0.6) is 0 Å². The fourth-order valence-corrected chi connectivity index (χ4v) is 1.84. The molecule has 5 nitrogen and oxygen atoms in total. The van der Waals surface area contributed by atoms with Crippen LogP contribution in [0.1, 0.15) is 22.3 Å². The minimum Gasteiger partial charge on any atom is -0.478 e. The Balaban J connectivity index is 2.66. The van der Waals surface area contributed by atoms with Crippen LogP contribution in [0, 0.1) is 12.3 Å². The normalized spacial score (nSPS) is 11.4. The summed E-state index contributed by atoms with van der Waals surface area (Å²) in [5, 5.41) is 9.08. The molecule has 0 bridgehead atoms. The average Bonchev–Trinajstić information content (AvgIpc) is 2.44. The van der Waals surface area contributed by atoms with Crippen molar-refractivity contribution in [1.29, 1.82) is 0 Å². The molecule has 0 aliphatic rings. The van der Waals surface area contributed by atoms with Crippen LogP contribution < -0.4 is 5.73 Å². The Bertz CT molecular complexity index is 534. The molecule has 5 heteroatoms. The second-order valence-corrected chi connectivity index (χ2v) is 4.49. The first-order valence-corrected chi connectivity index (χ1v) is 6.22. The number of carboxylic acids is 1. The standard InChI is InChI=1S/C15H18N2O3/c1-3-6-13(16)14(18)17(2)10-9-11-7-4-5-8-12(11)15(19)20/h1,4-5,7-8,13H,6,9-10,16H2,2H3,(H,19,20). The largest absolute Gasteiger partial charge is 0.478 e. The molecule has 0 heterocycles. The predicted octanol–water partition coefficient (Wildman–Crippen LogP) is 0.736. The van der Waals surface area contributed by atoms with Crippen LogP contribution in [0.3, 0.4) is 0 Å². The van der Waals surface area contributed by atoms with E-state index in [9.17, 15) is 9.59 Å². The monoisotopic (exact) mass is 274 g/mol. The van der Waals surface area contributed by atoms with Crippen molar-refractivity contribution >= 4 is 11.9 Å². The van der Waals surface area contributed by atoms with Crippen LogP contribution >= 0.6 is 0 Å². The molecule has 20 heavy (non-hydrogen) atoms.